The van der Waals surface area contributed by atoms with E-state index in [0.29, 0.717) is 12.4 Å². The number of aromatic amines is 1. The van der Waals surface area contributed by atoms with Gasteiger partial charge < -0.3 is 5.32 Å². The van der Waals surface area contributed by atoms with Crippen molar-refractivity contribution in [3.05, 3.63) is 35.9 Å². The topological polar surface area (TPSA) is 83.6 Å². The minimum absolute atomic E-state index is 0.00198. The van der Waals surface area contributed by atoms with Crippen molar-refractivity contribution in [3.8, 4) is 11.4 Å². The molecule has 19 heavy (non-hydrogen) atoms. The van der Waals surface area contributed by atoms with Crippen LogP contribution < -0.4 is 5.32 Å². The predicted molar refractivity (Wildman–Crippen MR) is 71.9 cm³/mol. The highest BCUT2D eigenvalue weighted by Gasteiger charge is 2.00. The van der Waals surface area contributed by atoms with E-state index in [1.165, 1.54) is 6.92 Å². The number of nitrogens with one attached hydrogen (secondary N) is 2. The van der Waals surface area contributed by atoms with Crippen LogP contribution in [0, 0.1) is 0 Å². The van der Waals surface area contributed by atoms with E-state index in [2.05, 4.69) is 25.9 Å². The van der Waals surface area contributed by atoms with E-state index < -0.39 is 0 Å². The fourth-order valence-corrected chi connectivity index (χ4v) is 1.58. The van der Waals surface area contributed by atoms with Crippen LogP contribution in [0.15, 0.2) is 30.3 Å². The highest BCUT2D eigenvalue weighted by atomic mass is 16.1. The van der Waals surface area contributed by atoms with Crippen molar-refractivity contribution < 1.29 is 4.79 Å². The molecule has 2 rings (SSSR count). The first-order valence-corrected chi connectivity index (χ1v) is 6.00. The largest absolute Gasteiger partial charge is 0.356 e. The number of rotatable bonds is 5. The quantitative estimate of drug-likeness (QED) is 0.793. The van der Waals surface area contributed by atoms with Gasteiger partial charge in [-0.05, 0) is 17.2 Å². The molecule has 0 unspecified atom stereocenters. The zero-order valence-corrected chi connectivity index (χ0v) is 10.6. The molecule has 0 aliphatic heterocycles. The second-order valence-corrected chi connectivity index (χ2v) is 4.03. The molecule has 1 aromatic heterocycles. The molecule has 1 aromatic carbocycles. The number of hydrogen-bond acceptors (Lipinski definition) is 4. The lowest BCUT2D eigenvalue weighted by atomic mass is 10.1. The van der Waals surface area contributed by atoms with Gasteiger partial charge >= 0.3 is 0 Å². The van der Waals surface area contributed by atoms with Gasteiger partial charge in [0.2, 0.25) is 11.7 Å². The van der Waals surface area contributed by atoms with Crippen molar-refractivity contribution in [3.63, 3.8) is 0 Å². The first kappa shape index (κ1) is 12.9. The van der Waals surface area contributed by atoms with Crippen LogP contribution in [0.3, 0.4) is 0 Å². The van der Waals surface area contributed by atoms with Crippen LogP contribution in [-0.4, -0.2) is 33.1 Å². The fraction of sp³-hybridized carbons (Fsp3) is 0.231. The molecule has 0 saturated heterocycles. The first-order valence-electron chi connectivity index (χ1n) is 6.00. The normalized spacial score (nSPS) is 10.8. The molecule has 0 saturated carbocycles. The molecule has 6 heteroatoms. The summed E-state index contributed by atoms with van der Waals surface area (Å²) >= 11 is 0. The molecule has 0 aliphatic carbocycles. The smallest absolute Gasteiger partial charge is 0.216 e. The zero-order valence-electron chi connectivity index (χ0n) is 10.6. The second kappa shape index (κ2) is 6.44. The lowest BCUT2D eigenvalue weighted by Crippen LogP contribution is -2.20. The predicted octanol–water partition coefficient (Wildman–Crippen LogP) is 1.41. The van der Waals surface area contributed by atoms with Gasteiger partial charge in [0.05, 0.1) is 0 Å². The average molecular weight is 257 g/mol. The Labute approximate surface area is 110 Å². The summed E-state index contributed by atoms with van der Waals surface area (Å²) < 4.78 is 0. The molecular weight excluding hydrogens is 242 g/mol. The van der Waals surface area contributed by atoms with Crippen molar-refractivity contribution in [1.82, 2.24) is 25.9 Å². The van der Waals surface area contributed by atoms with E-state index in [1.807, 2.05) is 36.4 Å². The Balaban J connectivity index is 1.88. The van der Waals surface area contributed by atoms with Crippen LogP contribution in [0.25, 0.3) is 17.5 Å². The van der Waals surface area contributed by atoms with Crippen molar-refractivity contribution in [1.29, 1.82) is 0 Å². The summed E-state index contributed by atoms with van der Waals surface area (Å²) in [5.74, 6) is 0.582. The van der Waals surface area contributed by atoms with E-state index in [4.69, 9.17) is 0 Å². The summed E-state index contributed by atoms with van der Waals surface area (Å²) in [6, 6.07) is 7.86. The third kappa shape index (κ3) is 4.02. The standard InChI is InChI=1S/C13H15N5O/c1-10(19)14-9-3-2-4-11-5-7-12(8-6-11)13-15-17-18-16-13/h2,4-8H,3,9H2,1H3,(H,14,19)(H,15,16,17,18). The van der Waals surface area contributed by atoms with E-state index in [9.17, 15) is 4.79 Å². The Morgan fingerprint density at radius 1 is 1.37 bits per heavy atom. The molecule has 6 nitrogen and oxygen atoms in total. The van der Waals surface area contributed by atoms with E-state index in [-0.39, 0.29) is 5.91 Å². The van der Waals surface area contributed by atoms with Crippen LogP contribution in [0.2, 0.25) is 0 Å². The number of carbonyl (C=O) groups is 1. The monoisotopic (exact) mass is 257 g/mol. The minimum atomic E-state index is -0.00198. The Bertz CT molecular complexity index is 545. The van der Waals surface area contributed by atoms with Gasteiger partial charge in [0.1, 0.15) is 0 Å². The molecule has 0 atom stereocenters. The lowest BCUT2D eigenvalue weighted by molar-refractivity contribution is -0.118. The summed E-state index contributed by atoms with van der Waals surface area (Å²) in [6.45, 7) is 2.17. The summed E-state index contributed by atoms with van der Waals surface area (Å²) in [6.07, 6.45) is 4.85. The number of nitrogens with zero attached hydrogens (tertiary/aromatic N) is 3. The number of carbonyl (C=O) groups excluding carboxylic acids is 1. The van der Waals surface area contributed by atoms with Crippen molar-refractivity contribution in [2.24, 2.45) is 0 Å². The maximum Gasteiger partial charge on any atom is 0.216 e. The number of tetrazole rings is 1. The van der Waals surface area contributed by atoms with Gasteiger partial charge in [-0.3, -0.25) is 4.79 Å². The summed E-state index contributed by atoms with van der Waals surface area (Å²) in [5.41, 5.74) is 2.01. The molecule has 2 aromatic rings. The Morgan fingerprint density at radius 2 is 2.16 bits per heavy atom. The van der Waals surface area contributed by atoms with Gasteiger partial charge in [0.25, 0.3) is 0 Å². The molecule has 2 N–H and O–H groups in total. The number of hydrogen-bond donors (Lipinski definition) is 2. The SMILES string of the molecule is CC(=O)NCCC=Cc1ccc(-c2nn[nH]n2)cc1. The Kier molecular flexibility index (Phi) is 4.39. The van der Waals surface area contributed by atoms with Gasteiger partial charge in [-0.2, -0.15) is 5.21 Å². The van der Waals surface area contributed by atoms with Gasteiger partial charge in [0.15, 0.2) is 0 Å². The maximum absolute atomic E-state index is 10.7. The van der Waals surface area contributed by atoms with Crippen LogP contribution in [0.5, 0.6) is 0 Å². The van der Waals surface area contributed by atoms with Crippen molar-refractivity contribution in [2.75, 3.05) is 6.54 Å². The van der Waals surface area contributed by atoms with Crippen molar-refractivity contribution >= 4 is 12.0 Å². The number of benzene rings is 1. The molecule has 1 amide bonds. The number of aromatic nitrogens is 4. The number of amides is 1. The maximum atomic E-state index is 10.7. The van der Waals surface area contributed by atoms with Gasteiger partial charge in [-0.1, -0.05) is 36.4 Å². The third-order valence-corrected chi connectivity index (χ3v) is 2.51. The highest BCUT2D eigenvalue weighted by Crippen LogP contribution is 2.14. The first-order chi connectivity index (χ1) is 9.25. The minimum Gasteiger partial charge on any atom is -0.356 e. The van der Waals surface area contributed by atoms with Crippen LogP contribution in [-0.2, 0) is 4.79 Å². The van der Waals surface area contributed by atoms with Crippen molar-refractivity contribution in [2.45, 2.75) is 13.3 Å². The molecule has 98 valence electrons. The molecule has 0 fully saturated rings. The van der Waals surface area contributed by atoms with Crippen LogP contribution in [0.4, 0.5) is 0 Å². The molecule has 0 spiro atoms. The molecule has 1 heterocycles. The molecule has 0 bridgehead atoms. The highest BCUT2D eigenvalue weighted by molar-refractivity contribution is 5.72. The van der Waals surface area contributed by atoms with E-state index in [0.717, 1.165) is 17.5 Å². The fourth-order valence-electron chi connectivity index (χ4n) is 1.58. The van der Waals surface area contributed by atoms with Gasteiger partial charge in [-0.15, -0.1) is 10.2 Å². The van der Waals surface area contributed by atoms with E-state index in [1.54, 1.807) is 0 Å². The van der Waals surface area contributed by atoms with E-state index >= 15 is 0 Å². The zero-order chi connectivity index (χ0) is 13.5. The van der Waals surface area contributed by atoms with Crippen LogP contribution >= 0.6 is 0 Å². The molecular formula is C13H15N5O. The Hall–Kier alpha value is -2.50. The molecule has 0 radical (unpaired) electrons. The lowest BCUT2D eigenvalue weighted by Gasteiger charge is -1.98. The molecule has 0 aliphatic rings. The summed E-state index contributed by atoms with van der Waals surface area (Å²) in [7, 11) is 0. The third-order valence-electron chi connectivity index (χ3n) is 2.51. The average Bonchev–Trinajstić information content (AvgIpc) is 2.93. The summed E-state index contributed by atoms with van der Waals surface area (Å²) in [4.78, 5) is 10.7. The Morgan fingerprint density at radius 3 is 2.79 bits per heavy atom. The summed E-state index contributed by atoms with van der Waals surface area (Å²) in [5, 5.41) is 16.5. The number of H-pyrrole nitrogens is 1. The van der Waals surface area contributed by atoms with Gasteiger partial charge in [0, 0.05) is 19.0 Å². The van der Waals surface area contributed by atoms with Gasteiger partial charge in [-0.25, -0.2) is 0 Å². The van der Waals surface area contributed by atoms with Crippen LogP contribution in [0.1, 0.15) is 18.9 Å². The second-order valence-electron chi connectivity index (χ2n) is 4.03.